The monoisotopic (exact) mass is 227 g/mol. The Kier molecular flexibility index (Phi) is 4.83. The quantitative estimate of drug-likeness (QED) is 0.746. The average Bonchev–Trinajstić information content (AvgIpc) is 2.68. The van der Waals surface area contributed by atoms with Gasteiger partial charge in [0.05, 0.1) is 0 Å². The zero-order valence-corrected chi connectivity index (χ0v) is 10.8. The van der Waals surface area contributed by atoms with Crippen molar-refractivity contribution in [1.29, 1.82) is 0 Å². The molecule has 15 heavy (non-hydrogen) atoms. The second kappa shape index (κ2) is 6.15. The highest BCUT2D eigenvalue weighted by molar-refractivity contribution is 8.00. The molecule has 0 amide bonds. The van der Waals surface area contributed by atoms with Crippen LogP contribution in [0.15, 0.2) is 0 Å². The number of hydrogen-bond acceptors (Lipinski definition) is 2. The molecule has 0 aromatic rings. The lowest BCUT2D eigenvalue weighted by Gasteiger charge is -2.33. The van der Waals surface area contributed by atoms with Gasteiger partial charge in [0.2, 0.25) is 0 Å². The van der Waals surface area contributed by atoms with Gasteiger partial charge in [-0.25, -0.2) is 0 Å². The summed E-state index contributed by atoms with van der Waals surface area (Å²) in [5.41, 5.74) is 0. The Balaban J connectivity index is 1.77. The minimum absolute atomic E-state index is 0.822. The molecule has 0 radical (unpaired) electrons. The minimum Gasteiger partial charge on any atom is -0.313 e. The van der Waals surface area contributed by atoms with Crippen molar-refractivity contribution in [2.45, 2.75) is 63.2 Å². The van der Waals surface area contributed by atoms with Crippen LogP contribution in [-0.2, 0) is 0 Å². The lowest BCUT2D eigenvalue weighted by atomic mass is 9.80. The molecule has 0 aromatic carbocycles. The van der Waals surface area contributed by atoms with Crippen molar-refractivity contribution >= 4 is 11.8 Å². The molecule has 0 spiro atoms. The number of thioether (sulfide) groups is 1. The summed E-state index contributed by atoms with van der Waals surface area (Å²) in [6.07, 6.45) is 10.1. The zero-order chi connectivity index (χ0) is 10.5. The third-order valence-corrected chi connectivity index (χ3v) is 5.40. The molecule has 1 aliphatic heterocycles. The normalized spacial score (nSPS) is 29.0. The highest BCUT2D eigenvalue weighted by Gasteiger charge is 2.29. The van der Waals surface area contributed by atoms with Gasteiger partial charge in [-0.15, -0.1) is 0 Å². The van der Waals surface area contributed by atoms with Gasteiger partial charge < -0.3 is 5.32 Å². The van der Waals surface area contributed by atoms with Crippen LogP contribution in [0.3, 0.4) is 0 Å². The Morgan fingerprint density at radius 1 is 1.27 bits per heavy atom. The van der Waals surface area contributed by atoms with Crippen LogP contribution >= 0.6 is 11.8 Å². The highest BCUT2D eigenvalue weighted by atomic mass is 32.2. The standard InChI is InChI=1S/C13H25NS/c1-2-8-14-12(10-11-5-3-6-11)13-7-4-9-15-13/h11-14H,2-10H2,1H3. The molecule has 1 heterocycles. The molecule has 1 saturated heterocycles. The van der Waals surface area contributed by atoms with E-state index in [4.69, 9.17) is 0 Å². The van der Waals surface area contributed by atoms with E-state index in [0.717, 1.165) is 17.2 Å². The largest absolute Gasteiger partial charge is 0.313 e. The third-order valence-electron chi connectivity index (χ3n) is 3.88. The number of nitrogens with one attached hydrogen (secondary N) is 1. The molecule has 1 N–H and O–H groups in total. The average molecular weight is 227 g/mol. The molecule has 1 aliphatic carbocycles. The van der Waals surface area contributed by atoms with Crippen LogP contribution < -0.4 is 5.32 Å². The Bertz CT molecular complexity index is 173. The van der Waals surface area contributed by atoms with Crippen molar-refractivity contribution in [2.24, 2.45) is 5.92 Å². The molecule has 2 aliphatic rings. The molecule has 2 heteroatoms. The highest BCUT2D eigenvalue weighted by Crippen LogP contribution is 2.36. The van der Waals surface area contributed by atoms with E-state index in [0.29, 0.717) is 0 Å². The molecule has 0 bridgehead atoms. The van der Waals surface area contributed by atoms with E-state index in [1.165, 1.54) is 57.2 Å². The Morgan fingerprint density at radius 2 is 2.13 bits per heavy atom. The molecule has 2 unspecified atom stereocenters. The van der Waals surface area contributed by atoms with Crippen LogP contribution in [0.4, 0.5) is 0 Å². The molecule has 2 rings (SSSR count). The lowest BCUT2D eigenvalue weighted by molar-refractivity contribution is 0.256. The Labute approximate surface area is 98.8 Å². The molecule has 0 aromatic heterocycles. The van der Waals surface area contributed by atoms with Crippen molar-refractivity contribution in [2.75, 3.05) is 12.3 Å². The van der Waals surface area contributed by atoms with Gasteiger partial charge in [0.25, 0.3) is 0 Å². The molecule has 2 fully saturated rings. The van der Waals surface area contributed by atoms with Crippen molar-refractivity contribution < 1.29 is 0 Å². The van der Waals surface area contributed by atoms with E-state index >= 15 is 0 Å². The molecular weight excluding hydrogens is 202 g/mol. The van der Waals surface area contributed by atoms with Gasteiger partial charge in [-0.3, -0.25) is 0 Å². The molecule has 88 valence electrons. The maximum atomic E-state index is 3.79. The summed E-state index contributed by atoms with van der Waals surface area (Å²) in [5.74, 6) is 2.46. The summed E-state index contributed by atoms with van der Waals surface area (Å²) in [6, 6.07) is 0.822. The summed E-state index contributed by atoms with van der Waals surface area (Å²) in [4.78, 5) is 0. The van der Waals surface area contributed by atoms with Gasteiger partial charge in [-0.05, 0) is 43.9 Å². The summed E-state index contributed by atoms with van der Waals surface area (Å²) >= 11 is 2.21. The zero-order valence-electron chi connectivity index (χ0n) is 10.0. The van der Waals surface area contributed by atoms with Crippen LogP contribution in [-0.4, -0.2) is 23.6 Å². The second-order valence-electron chi connectivity index (χ2n) is 5.14. The maximum Gasteiger partial charge on any atom is 0.0201 e. The van der Waals surface area contributed by atoms with E-state index in [9.17, 15) is 0 Å². The van der Waals surface area contributed by atoms with E-state index in [1.54, 1.807) is 0 Å². The first kappa shape index (κ1) is 11.8. The smallest absolute Gasteiger partial charge is 0.0201 e. The predicted molar refractivity (Wildman–Crippen MR) is 69.5 cm³/mol. The van der Waals surface area contributed by atoms with Gasteiger partial charge in [0.1, 0.15) is 0 Å². The first-order valence-corrected chi connectivity index (χ1v) is 7.80. The minimum atomic E-state index is 0.822. The summed E-state index contributed by atoms with van der Waals surface area (Å²) < 4.78 is 0. The maximum absolute atomic E-state index is 3.79. The van der Waals surface area contributed by atoms with Crippen molar-refractivity contribution in [3.8, 4) is 0 Å². The van der Waals surface area contributed by atoms with Gasteiger partial charge in [0.15, 0.2) is 0 Å². The van der Waals surface area contributed by atoms with Crippen LogP contribution in [0.1, 0.15) is 51.9 Å². The fourth-order valence-corrected chi connectivity index (χ4v) is 4.11. The second-order valence-corrected chi connectivity index (χ2v) is 6.49. The number of hydrogen-bond donors (Lipinski definition) is 1. The van der Waals surface area contributed by atoms with Crippen LogP contribution in [0, 0.1) is 5.92 Å². The molecule has 2 atom stereocenters. The van der Waals surface area contributed by atoms with Gasteiger partial charge >= 0.3 is 0 Å². The molecule has 1 nitrogen and oxygen atoms in total. The third kappa shape index (κ3) is 3.39. The van der Waals surface area contributed by atoms with Crippen LogP contribution in [0.2, 0.25) is 0 Å². The number of rotatable bonds is 6. The fraction of sp³-hybridized carbons (Fsp3) is 1.00. The molecular formula is C13H25NS. The topological polar surface area (TPSA) is 12.0 Å². The van der Waals surface area contributed by atoms with E-state index in [2.05, 4.69) is 24.0 Å². The Morgan fingerprint density at radius 3 is 2.67 bits per heavy atom. The predicted octanol–water partition coefficient (Wildman–Crippen LogP) is 3.44. The van der Waals surface area contributed by atoms with Gasteiger partial charge in [0, 0.05) is 11.3 Å². The summed E-state index contributed by atoms with van der Waals surface area (Å²) in [5, 5.41) is 4.72. The van der Waals surface area contributed by atoms with E-state index < -0.39 is 0 Å². The molecule has 1 saturated carbocycles. The lowest BCUT2D eigenvalue weighted by Crippen LogP contribution is -2.40. The van der Waals surface area contributed by atoms with E-state index in [1.807, 2.05) is 0 Å². The Hall–Kier alpha value is 0.310. The van der Waals surface area contributed by atoms with Crippen LogP contribution in [0.5, 0.6) is 0 Å². The fourth-order valence-electron chi connectivity index (χ4n) is 2.70. The van der Waals surface area contributed by atoms with Crippen LogP contribution in [0.25, 0.3) is 0 Å². The van der Waals surface area contributed by atoms with Crippen molar-refractivity contribution in [1.82, 2.24) is 5.32 Å². The van der Waals surface area contributed by atoms with E-state index in [-0.39, 0.29) is 0 Å². The van der Waals surface area contributed by atoms with Crippen molar-refractivity contribution in [3.05, 3.63) is 0 Å². The summed E-state index contributed by atoms with van der Waals surface area (Å²) in [6.45, 7) is 3.49. The first-order valence-electron chi connectivity index (χ1n) is 6.75. The SMILES string of the molecule is CCCNC(CC1CCC1)C1CCCS1. The van der Waals surface area contributed by atoms with Gasteiger partial charge in [-0.1, -0.05) is 26.2 Å². The summed E-state index contributed by atoms with van der Waals surface area (Å²) in [7, 11) is 0. The van der Waals surface area contributed by atoms with Gasteiger partial charge in [-0.2, -0.15) is 11.8 Å². The first-order chi connectivity index (χ1) is 7.40. The van der Waals surface area contributed by atoms with Crippen molar-refractivity contribution in [3.63, 3.8) is 0 Å².